The molecule has 7 nitrogen and oxygen atoms in total. The van der Waals surface area contributed by atoms with Crippen molar-refractivity contribution in [1.29, 1.82) is 0 Å². The third-order valence-corrected chi connectivity index (χ3v) is 5.04. The first-order valence-electron chi connectivity index (χ1n) is 7.68. The molecule has 0 aromatic carbocycles. The number of nitrogens with zero attached hydrogens (tertiary/aromatic N) is 2. The Labute approximate surface area is 136 Å². The first-order chi connectivity index (χ1) is 10.8. The second-order valence-electron chi connectivity index (χ2n) is 6.19. The van der Waals surface area contributed by atoms with Crippen molar-refractivity contribution in [3.05, 3.63) is 29.6 Å². The monoisotopic (exact) mass is 339 g/mol. The number of hydrogen-bond acceptors (Lipinski definition) is 5. The molecule has 126 valence electrons. The number of aromatic nitrogens is 1. The molecule has 2 aliphatic heterocycles. The summed E-state index contributed by atoms with van der Waals surface area (Å²) in [5.41, 5.74) is 1.36. The van der Waals surface area contributed by atoms with E-state index in [1.54, 1.807) is 23.2 Å². The molecule has 3 atom stereocenters. The van der Waals surface area contributed by atoms with Gasteiger partial charge in [-0.3, -0.25) is 9.78 Å². The van der Waals surface area contributed by atoms with E-state index in [-0.39, 0.29) is 18.1 Å². The van der Waals surface area contributed by atoms with Gasteiger partial charge in [0.25, 0.3) is 5.91 Å². The Morgan fingerprint density at radius 3 is 2.87 bits per heavy atom. The molecule has 23 heavy (non-hydrogen) atoms. The molecule has 0 aliphatic carbocycles. The molecule has 2 aliphatic rings. The molecule has 0 bridgehead atoms. The maximum absolute atomic E-state index is 12.8. The number of carbonyl (C=O) groups is 1. The van der Waals surface area contributed by atoms with Gasteiger partial charge in [0.2, 0.25) is 10.0 Å². The van der Waals surface area contributed by atoms with Crippen molar-refractivity contribution in [2.75, 3.05) is 19.4 Å². The smallest absolute Gasteiger partial charge is 0.255 e. The van der Waals surface area contributed by atoms with Crippen LogP contribution in [0.25, 0.3) is 0 Å². The predicted octanol–water partition coefficient (Wildman–Crippen LogP) is 0.311. The molecule has 1 aromatic rings. The lowest BCUT2D eigenvalue weighted by Gasteiger charge is -2.32. The minimum atomic E-state index is -3.36. The minimum Gasteiger partial charge on any atom is -0.374 e. The first kappa shape index (κ1) is 16.4. The number of pyridine rings is 1. The van der Waals surface area contributed by atoms with Crippen LogP contribution in [-0.2, 0) is 14.8 Å². The Morgan fingerprint density at radius 2 is 2.22 bits per heavy atom. The van der Waals surface area contributed by atoms with E-state index in [1.165, 1.54) is 0 Å². The number of fused-ring (bicyclic) bond motifs is 1. The third-order valence-electron chi connectivity index (χ3n) is 4.31. The average Bonchev–Trinajstić information content (AvgIpc) is 2.84. The summed E-state index contributed by atoms with van der Waals surface area (Å²) in [6.45, 7) is 2.77. The van der Waals surface area contributed by atoms with Crippen molar-refractivity contribution in [2.45, 2.75) is 38.0 Å². The van der Waals surface area contributed by atoms with Crippen LogP contribution in [0.3, 0.4) is 0 Å². The van der Waals surface area contributed by atoms with Crippen molar-refractivity contribution in [3.8, 4) is 0 Å². The average molecular weight is 339 g/mol. The summed E-state index contributed by atoms with van der Waals surface area (Å²) in [6, 6.07) is 3.04. The molecule has 3 rings (SSSR count). The zero-order valence-electron chi connectivity index (χ0n) is 13.2. The van der Waals surface area contributed by atoms with Crippen LogP contribution in [0.15, 0.2) is 18.3 Å². The molecule has 1 aromatic heterocycles. The second-order valence-corrected chi connectivity index (χ2v) is 7.97. The SMILES string of the molecule is Cc1ccc(C(=O)N2C[C@@H](NS(C)(=O)=O)[C@H]3OCCC[C@H]32)cn1. The van der Waals surface area contributed by atoms with Crippen molar-refractivity contribution in [3.63, 3.8) is 0 Å². The number of aryl methyl sites for hydroxylation is 1. The lowest BCUT2D eigenvalue weighted by Crippen LogP contribution is -2.47. The highest BCUT2D eigenvalue weighted by Crippen LogP contribution is 2.30. The van der Waals surface area contributed by atoms with Gasteiger partial charge in [0.1, 0.15) is 0 Å². The van der Waals surface area contributed by atoms with Gasteiger partial charge in [-0.05, 0) is 31.9 Å². The Morgan fingerprint density at radius 1 is 1.43 bits per heavy atom. The summed E-state index contributed by atoms with van der Waals surface area (Å²) >= 11 is 0. The van der Waals surface area contributed by atoms with Gasteiger partial charge in [0.05, 0.1) is 30.0 Å². The van der Waals surface area contributed by atoms with Crippen LogP contribution in [0.1, 0.15) is 28.9 Å². The number of ether oxygens (including phenoxy) is 1. The largest absolute Gasteiger partial charge is 0.374 e. The summed E-state index contributed by atoms with van der Waals surface area (Å²) in [5.74, 6) is -0.129. The van der Waals surface area contributed by atoms with Crippen LogP contribution in [0.2, 0.25) is 0 Å². The van der Waals surface area contributed by atoms with E-state index in [9.17, 15) is 13.2 Å². The Balaban J connectivity index is 1.83. The topological polar surface area (TPSA) is 88.6 Å². The van der Waals surface area contributed by atoms with Crippen molar-refractivity contribution >= 4 is 15.9 Å². The number of carbonyl (C=O) groups excluding carboxylic acids is 1. The summed E-state index contributed by atoms with van der Waals surface area (Å²) in [5, 5.41) is 0. The molecule has 0 saturated carbocycles. The number of sulfonamides is 1. The summed E-state index contributed by atoms with van der Waals surface area (Å²) < 4.78 is 31.5. The first-order valence-corrected chi connectivity index (χ1v) is 9.57. The van der Waals surface area contributed by atoms with Gasteiger partial charge in [-0.2, -0.15) is 0 Å². The highest BCUT2D eigenvalue weighted by atomic mass is 32.2. The Kier molecular flexibility index (Phi) is 4.39. The molecule has 2 fully saturated rings. The van der Waals surface area contributed by atoms with Gasteiger partial charge in [-0.25, -0.2) is 13.1 Å². The van der Waals surface area contributed by atoms with E-state index in [1.807, 2.05) is 6.92 Å². The van der Waals surface area contributed by atoms with Crippen LogP contribution in [0.5, 0.6) is 0 Å². The number of nitrogens with one attached hydrogen (secondary N) is 1. The lowest BCUT2D eigenvalue weighted by atomic mass is 10.0. The molecule has 0 unspecified atom stereocenters. The van der Waals surface area contributed by atoms with Gasteiger partial charge in [0.15, 0.2) is 0 Å². The van der Waals surface area contributed by atoms with E-state index >= 15 is 0 Å². The number of rotatable bonds is 3. The van der Waals surface area contributed by atoms with Crippen LogP contribution >= 0.6 is 0 Å². The molecule has 0 spiro atoms. The highest BCUT2D eigenvalue weighted by Gasteiger charge is 2.47. The van der Waals surface area contributed by atoms with E-state index in [0.29, 0.717) is 18.7 Å². The molecular formula is C15H21N3O4S. The van der Waals surface area contributed by atoms with Crippen LogP contribution in [-0.4, -0.2) is 61.8 Å². The van der Waals surface area contributed by atoms with E-state index in [4.69, 9.17) is 4.74 Å². The molecule has 1 N–H and O–H groups in total. The zero-order valence-corrected chi connectivity index (χ0v) is 14.0. The quantitative estimate of drug-likeness (QED) is 0.856. The zero-order chi connectivity index (χ0) is 16.6. The molecule has 1 amide bonds. The fourth-order valence-electron chi connectivity index (χ4n) is 3.33. The van der Waals surface area contributed by atoms with E-state index in [0.717, 1.165) is 24.8 Å². The summed E-state index contributed by atoms with van der Waals surface area (Å²) in [4.78, 5) is 18.7. The standard InChI is InChI=1S/C15H21N3O4S/c1-10-5-6-11(8-16-10)15(19)18-9-12(17-23(2,20)21)14-13(18)4-3-7-22-14/h5-6,8,12-14,17H,3-4,7,9H2,1-2H3/t12-,13-,14-/m1/s1. The Bertz CT molecular complexity index is 689. The van der Waals surface area contributed by atoms with Gasteiger partial charge >= 0.3 is 0 Å². The summed E-state index contributed by atoms with van der Waals surface area (Å²) in [6.07, 6.45) is 4.08. The number of likely N-dealkylation sites (tertiary alicyclic amines) is 1. The second kappa shape index (κ2) is 6.18. The maximum Gasteiger partial charge on any atom is 0.255 e. The molecule has 0 radical (unpaired) electrons. The lowest BCUT2D eigenvalue weighted by molar-refractivity contribution is -0.0156. The van der Waals surface area contributed by atoms with Gasteiger partial charge in [0, 0.05) is 25.0 Å². The molecule has 8 heteroatoms. The van der Waals surface area contributed by atoms with Crippen LogP contribution in [0.4, 0.5) is 0 Å². The van der Waals surface area contributed by atoms with Crippen molar-refractivity contribution in [2.24, 2.45) is 0 Å². The van der Waals surface area contributed by atoms with Crippen LogP contribution < -0.4 is 4.72 Å². The van der Waals surface area contributed by atoms with Gasteiger partial charge in [-0.1, -0.05) is 0 Å². The fourth-order valence-corrected chi connectivity index (χ4v) is 4.09. The van der Waals surface area contributed by atoms with Crippen molar-refractivity contribution in [1.82, 2.24) is 14.6 Å². The summed E-state index contributed by atoms with van der Waals surface area (Å²) in [7, 11) is -3.36. The predicted molar refractivity (Wildman–Crippen MR) is 84.5 cm³/mol. The van der Waals surface area contributed by atoms with Gasteiger partial charge in [-0.15, -0.1) is 0 Å². The maximum atomic E-state index is 12.8. The molecule has 3 heterocycles. The minimum absolute atomic E-state index is 0.100. The van der Waals surface area contributed by atoms with E-state index in [2.05, 4.69) is 9.71 Å². The van der Waals surface area contributed by atoms with Crippen molar-refractivity contribution < 1.29 is 17.9 Å². The van der Waals surface area contributed by atoms with Gasteiger partial charge < -0.3 is 9.64 Å². The fraction of sp³-hybridized carbons (Fsp3) is 0.600. The highest BCUT2D eigenvalue weighted by molar-refractivity contribution is 7.88. The normalized spacial score (nSPS) is 27.7. The third kappa shape index (κ3) is 3.54. The number of amides is 1. The molecular weight excluding hydrogens is 318 g/mol. The number of hydrogen-bond donors (Lipinski definition) is 1. The Hall–Kier alpha value is -1.51. The molecule has 2 saturated heterocycles. The van der Waals surface area contributed by atoms with Crippen LogP contribution in [0, 0.1) is 6.92 Å². The van der Waals surface area contributed by atoms with E-state index < -0.39 is 16.1 Å².